The van der Waals surface area contributed by atoms with Crippen LogP contribution in [0.1, 0.15) is 31.2 Å². The number of anilines is 2. The first-order valence-electron chi connectivity index (χ1n) is 13.2. The van der Waals surface area contributed by atoms with Crippen LogP contribution < -0.4 is 14.5 Å². The van der Waals surface area contributed by atoms with Gasteiger partial charge in [-0.1, -0.05) is 18.2 Å². The molecule has 0 N–H and O–H groups in total. The fourth-order valence-corrected chi connectivity index (χ4v) is 6.86. The third-order valence-electron chi connectivity index (χ3n) is 8.04. The van der Waals surface area contributed by atoms with Crippen molar-refractivity contribution in [1.82, 2.24) is 19.3 Å². The van der Waals surface area contributed by atoms with Gasteiger partial charge in [-0.3, -0.25) is 4.98 Å². The number of aryl methyl sites for hydroxylation is 1. The molecule has 0 saturated carbocycles. The van der Waals surface area contributed by atoms with Crippen LogP contribution in [0, 0.1) is 12.3 Å². The molecule has 5 rings (SSSR count). The minimum atomic E-state index is -3.58. The minimum absolute atomic E-state index is 0.169. The molecule has 10 heteroatoms. The lowest BCUT2D eigenvalue weighted by molar-refractivity contribution is 0.166. The Morgan fingerprint density at radius 1 is 0.921 bits per heavy atom. The molecule has 4 heterocycles. The summed E-state index contributed by atoms with van der Waals surface area (Å²) in [5.41, 5.74) is 2.39. The predicted molar refractivity (Wildman–Crippen MR) is 148 cm³/mol. The molecule has 0 radical (unpaired) electrons. The molecule has 2 aliphatic heterocycles. The van der Waals surface area contributed by atoms with Crippen LogP contribution in [0.25, 0.3) is 0 Å². The van der Waals surface area contributed by atoms with Gasteiger partial charge in [0.15, 0.2) is 0 Å². The number of hydrogen-bond acceptors (Lipinski definition) is 8. The molecule has 202 valence electrons. The highest BCUT2D eigenvalue weighted by Crippen LogP contribution is 2.42. The van der Waals surface area contributed by atoms with Gasteiger partial charge in [-0.2, -0.15) is 9.29 Å². The van der Waals surface area contributed by atoms with Gasteiger partial charge in [0.1, 0.15) is 12.4 Å². The Balaban J connectivity index is 1.12. The normalized spacial score (nSPS) is 17.7. The lowest BCUT2D eigenvalue weighted by Gasteiger charge is -2.47. The number of ether oxygens (including phenoxy) is 1. The molecule has 0 atom stereocenters. The molecule has 0 amide bonds. The Kier molecular flexibility index (Phi) is 7.80. The van der Waals surface area contributed by atoms with E-state index in [1.54, 1.807) is 38.4 Å². The topological polar surface area (TPSA) is 91.8 Å². The SMILES string of the molecule is Cc1ccccc1S(=O)(=O)N(C)CCOc1nccc(N2CCC3(CCN(c4ccncc4)CC3)CC2)n1. The number of likely N-dealkylation sites (N-methyl/N-ethyl adjacent to an activating group) is 1. The second-order valence-electron chi connectivity index (χ2n) is 10.3. The summed E-state index contributed by atoms with van der Waals surface area (Å²) >= 11 is 0. The Bertz CT molecular complexity index is 1320. The van der Waals surface area contributed by atoms with E-state index in [1.165, 1.54) is 22.8 Å². The van der Waals surface area contributed by atoms with Crippen LogP contribution >= 0.6 is 0 Å². The first kappa shape index (κ1) is 26.4. The van der Waals surface area contributed by atoms with Crippen LogP contribution in [0.5, 0.6) is 6.01 Å². The van der Waals surface area contributed by atoms with E-state index in [0.717, 1.165) is 50.4 Å². The van der Waals surface area contributed by atoms with Crippen LogP contribution in [0.3, 0.4) is 0 Å². The van der Waals surface area contributed by atoms with Crippen molar-refractivity contribution in [2.24, 2.45) is 5.41 Å². The molecular weight excluding hydrogens is 500 g/mol. The van der Waals surface area contributed by atoms with Crippen molar-refractivity contribution >= 4 is 21.5 Å². The molecule has 2 aromatic heterocycles. The Morgan fingerprint density at radius 3 is 2.26 bits per heavy atom. The van der Waals surface area contributed by atoms with Gasteiger partial charge < -0.3 is 14.5 Å². The van der Waals surface area contributed by atoms with Crippen molar-refractivity contribution in [2.45, 2.75) is 37.5 Å². The van der Waals surface area contributed by atoms with Crippen molar-refractivity contribution < 1.29 is 13.2 Å². The summed E-state index contributed by atoms with van der Waals surface area (Å²) < 4.78 is 32.9. The van der Waals surface area contributed by atoms with Gasteiger partial charge in [-0.05, 0) is 67.9 Å². The monoisotopic (exact) mass is 536 g/mol. The van der Waals surface area contributed by atoms with E-state index in [0.29, 0.717) is 10.3 Å². The molecule has 1 aromatic carbocycles. The van der Waals surface area contributed by atoms with E-state index in [-0.39, 0.29) is 19.2 Å². The van der Waals surface area contributed by atoms with Gasteiger partial charge in [0.2, 0.25) is 10.0 Å². The second kappa shape index (κ2) is 11.2. The Labute approximate surface area is 225 Å². The summed E-state index contributed by atoms with van der Waals surface area (Å²) in [4.78, 5) is 18.1. The maximum Gasteiger partial charge on any atom is 0.318 e. The standard InChI is InChI=1S/C28H36N6O3S/c1-23-5-3-4-6-25(23)38(35,36)32(2)21-22-37-27-30-16-9-26(31-27)34-19-12-28(13-20-34)10-17-33(18-11-28)24-7-14-29-15-8-24/h3-9,14-16H,10-13,17-22H2,1-2H3. The highest BCUT2D eigenvalue weighted by atomic mass is 32.2. The fourth-order valence-electron chi connectivity index (χ4n) is 5.48. The Hall–Kier alpha value is -3.24. The summed E-state index contributed by atoms with van der Waals surface area (Å²) in [6.07, 6.45) is 10.2. The van der Waals surface area contributed by atoms with Crippen molar-refractivity contribution in [1.29, 1.82) is 0 Å². The van der Waals surface area contributed by atoms with E-state index in [1.807, 2.05) is 24.5 Å². The quantitative estimate of drug-likeness (QED) is 0.430. The number of sulfonamides is 1. The van der Waals surface area contributed by atoms with Crippen LogP contribution in [-0.4, -0.2) is 74.1 Å². The zero-order chi connectivity index (χ0) is 26.6. The largest absolute Gasteiger partial charge is 0.462 e. The molecule has 3 aromatic rings. The number of rotatable bonds is 8. The molecule has 0 unspecified atom stereocenters. The molecule has 2 saturated heterocycles. The van der Waals surface area contributed by atoms with Gasteiger partial charge in [0.05, 0.1) is 4.90 Å². The lowest BCUT2D eigenvalue weighted by Crippen LogP contribution is -2.47. The van der Waals surface area contributed by atoms with Crippen molar-refractivity contribution in [3.8, 4) is 6.01 Å². The summed E-state index contributed by atoms with van der Waals surface area (Å²) in [5, 5.41) is 0. The number of nitrogens with zero attached hydrogens (tertiary/aromatic N) is 6. The van der Waals surface area contributed by atoms with E-state index in [2.05, 4.69) is 36.9 Å². The zero-order valence-electron chi connectivity index (χ0n) is 22.2. The maximum absolute atomic E-state index is 12.9. The summed E-state index contributed by atoms with van der Waals surface area (Å²) in [5.74, 6) is 0.861. The number of hydrogen-bond donors (Lipinski definition) is 0. The van der Waals surface area contributed by atoms with Gasteiger partial charge >= 0.3 is 6.01 Å². The molecule has 0 aliphatic carbocycles. The van der Waals surface area contributed by atoms with Crippen LogP contribution in [0.4, 0.5) is 11.5 Å². The number of piperidine rings is 2. The van der Waals surface area contributed by atoms with Crippen molar-refractivity contribution in [3.63, 3.8) is 0 Å². The van der Waals surface area contributed by atoms with Gasteiger partial charge in [-0.25, -0.2) is 13.4 Å². The lowest BCUT2D eigenvalue weighted by atomic mass is 9.71. The molecule has 9 nitrogen and oxygen atoms in total. The third kappa shape index (κ3) is 5.76. The van der Waals surface area contributed by atoms with E-state index >= 15 is 0 Å². The van der Waals surface area contributed by atoms with E-state index in [9.17, 15) is 8.42 Å². The highest BCUT2D eigenvalue weighted by molar-refractivity contribution is 7.89. The smallest absolute Gasteiger partial charge is 0.318 e. The van der Waals surface area contributed by atoms with E-state index < -0.39 is 10.0 Å². The van der Waals surface area contributed by atoms with Crippen molar-refractivity contribution in [3.05, 3.63) is 66.6 Å². The summed E-state index contributed by atoms with van der Waals surface area (Å²) in [6, 6.07) is 13.4. The number of benzene rings is 1. The first-order valence-corrected chi connectivity index (χ1v) is 14.7. The maximum atomic E-state index is 12.9. The van der Waals surface area contributed by atoms with Crippen LogP contribution in [-0.2, 0) is 10.0 Å². The minimum Gasteiger partial charge on any atom is -0.462 e. The van der Waals surface area contributed by atoms with E-state index in [4.69, 9.17) is 4.74 Å². The highest BCUT2D eigenvalue weighted by Gasteiger charge is 2.38. The molecule has 0 bridgehead atoms. The number of pyridine rings is 1. The molecular formula is C28H36N6O3S. The van der Waals surface area contributed by atoms with Gasteiger partial charge in [-0.15, -0.1) is 0 Å². The number of aromatic nitrogens is 3. The molecule has 1 spiro atoms. The van der Waals surface area contributed by atoms with Crippen LogP contribution in [0.15, 0.2) is 66.0 Å². The average Bonchev–Trinajstić information content (AvgIpc) is 2.94. The van der Waals surface area contributed by atoms with Crippen molar-refractivity contribution in [2.75, 3.05) is 56.2 Å². The van der Waals surface area contributed by atoms with Gasteiger partial charge in [0, 0.05) is 64.0 Å². The second-order valence-corrected chi connectivity index (χ2v) is 12.3. The summed E-state index contributed by atoms with van der Waals surface area (Å²) in [7, 11) is -2.02. The first-order chi connectivity index (χ1) is 18.4. The average molecular weight is 537 g/mol. The van der Waals surface area contributed by atoms with Gasteiger partial charge in [0.25, 0.3) is 0 Å². The third-order valence-corrected chi connectivity index (χ3v) is 10.1. The Morgan fingerprint density at radius 2 is 1.58 bits per heavy atom. The zero-order valence-corrected chi connectivity index (χ0v) is 23.0. The molecule has 38 heavy (non-hydrogen) atoms. The molecule has 2 fully saturated rings. The fraction of sp³-hybridized carbons (Fsp3) is 0.464. The molecule has 2 aliphatic rings. The summed E-state index contributed by atoms with van der Waals surface area (Å²) in [6.45, 7) is 6.26. The predicted octanol–water partition coefficient (Wildman–Crippen LogP) is 3.77. The van der Waals surface area contributed by atoms with Crippen LogP contribution in [0.2, 0.25) is 0 Å².